The molecule has 26 heavy (non-hydrogen) atoms. The molecule has 0 radical (unpaired) electrons. The zero-order chi connectivity index (χ0) is 18.7. The number of carbonyl (C=O) groups excluding carboxylic acids is 1. The number of piperidine rings is 1. The summed E-state index contributed by atoms with van der Waals surface area (Å²) in [4.78, 5) is 13.9. The van der Waals surface area contributed by atoms with Crippen molar-refractivity contribution in [3.63, 3.8) is 0 Å². The number of rotatable bonds is 4. The molecule has 6 heteroatoms. The van der Waals surface area contributed by atoms with Crippen LogP contribution < -0.4 is 0 Å². The highest BCUT2D eigenvalue weighted by Gasteiger charge is 2.42. The van der Waals surface area contributed by atoms with Crippen molar-refractivity contribution in [1.29, 1.82) is 0 Å². The van der Waals surface area contributed by atoms with Gasteiger partial charge in [-0.1, -0.05) is 36.4 Å². The molecule has 1 saturated heterocycles. The number of nitrogens with zero attached hydrogens (tertiary/aromatic N) is 1. The molecule has 1 amide bonds. The van der Waals surface area contributed by atoms with Gasteiger partial charge in [-0.15, -0.1) is 0 Å². The number of halogens is 2. The summed E-state index contributed by atoms with van der Waals surface area (Å²) in [6, 6.07) is 12.5. The van der Waals surface area contributed by atoms with Gasteiger partial charge < -0.3 is 15.1 Å². The van der Waals surface area contributed by atoms with E-state index < -0.39 is 23.3 Å². The quantitative estimate of drug-likeness (QED) is 0.879. The fourth-order valence-corrected chi connectivity index (χ4v) is 3.32. The fourth-order valence-electron chi connectivity index (χ4n) is 3.32. The zero-order valence-corrected chi connectivity index (χ0v) is 14.2. The molecule has 3 rings (SSSR count). The van der Waals surface area contributed by atoms with Gasteiger partial charge >= 0.3 is 0 Å². The van der Waals surface area contributed by atoms with E-state index in [2.05, 4.69) is 0 Å². The molecule has 2 aromatic carbocycles. The number of hydrogen-bond acceptors (Lipinski definition) is 3. The van der Waals surface area contributed by atoms with E-state index in [4.69, 9.17) is 0 Å². The van der Waals surface area contributed by atoms with Crippen LogP contribution in [0.25, 0.3) is 0 Å². The maximum Gasteiger partial charge on any atom is 0.222 e. The summed E-state index contributed by atoms with van der Waals surface area (Å²) >= 11 is 0. The third kappa shape index (κ3) is 3.76. The van der Waals surface area contributed by atoms with E-state index in [1.807, 2.05) is 6.07 Å². The predicted octanol–water partition coefficient (Wildman–Crippen LogP) is 2.38. The first kappa shape index (κ1) is 18.5. The summed E-state index contributed by atoms with van der Waals surface area (Å²) in [5, 5.41) is 21.2. The molecule has 0 aliphatic carbocycles. The Labute approximate surface area is 150 Å². The molecule has 0 aromatic heterocycles. The van der Waals surface area contributed by atoms with Crippen LogP contribution in [0.4, 0.5) is 8.78 Å². The minimum atomic E-state index is -1.38. The fraction of sp³-hybridized carbons (Fsp3) is 0.350. The van der Waals surface area contributed by atoms with E-state index >= 15 is 0 Å². The van der Waals surface area contributed by atoms with Crippen LogP contribution in [0.5, 0.6) is 0 Å². The van der Waals surface area contributed by atoms with E-state index in [9.17, 15) is 23.8 Å². The molecule has 1 heterocycles. The van der Waals surface area contributed by atoms with E-state index in [-0.39, 0.29) is 31.7 Å². The van der Waals surface area contributed by atoms with Gasteiger partial charge in [0.05, 0.1) is 0 Å². The molecule has 0 unspecified atom stereocenters. The van der Waals surface area contributed by atoms with Gasteiger partial charge in [-0.05, 0) is 29.7 Å². The van der Waals surface area contributed by atoms with E-state index in [0.29, 0.717) is 17.7 Å². The van der Waals surface area contributed by atoms with Crippen molar-refractivity contribution in [1.82, 2.24) is 4.90 Å². The number of aryl methyl sites for hydroxylation is 1. The lowest BCUT2D eigenvalue weighted by atomic mass is 9.82. The molecule has 2 N–H and O–H groups in total. The third-order valence-electron chi connectivity index (χ3n) is 4.95. The number of benzene rings is 2. The molecule has 4 nitrogen and oxygen atoms in total. The standard InChI is InChI=1S/C20H21F2NO3/c21-16-8-6-14(12-17(16)22)7-9-19(25)23-11-10-20(26,18(24)13-23)15-4-2-1-3-5-15/h1-6,8,12,18,24,26H,7,9-11,13H2/t18-,20-/m0/s1. The van der Waals surface area contributed by atoms with Gasteiger partial charge in [-0.2, -0.15) is 0 Å². The molecule has 1 aliphatic heterocycles. The van der Waals surface area contributed by atoms with E-state index in [0.717, 1.165) is 12.1 Å². The molecule has 0 bridgehead atoms. The van der Waals surface area contributed by atoms with Gasteiger partial charge in [0.25, 0.3) is 0 Å². The van der Waals surface area contributed by atoms with Crippen LogP contribution in [-0.2, 0) is 16.8 Å². The average molecular weight is 361 g/mol. The molecular formula is C20H21F2NO3. The molecular weight excluding hydrogens is 340 g/mol. The topological polar surface area (TPSA) is 60.8 Å². The normalized spacial score (nSPS) is 23.1. The number of likely N-dealkylation sites (tertiary alicyclic amines) is 1. The largest absolute Gasteiger partial charge is 0.388 e. The van der Waals surface area contributed by atoms with Crippen molar-refractivity contribution in [2.24, 2.45) is 0 Å². The summed E-state index contributed by atoms with van der Waals surface area (Å²) < 4.78 is 26.2. The number of amides is 1. The molecule has 2 aromatic rings. The summed E-state index contributed by atoms with van der Waals surface area (Å²) in [5.41, 5.74) is -0.213. The Hall–Kier alpha value is -2.31. The Morgan fingerprint density at radius 2 is 1.88 bits per heavy atom. The number of hydrogen-bond donors (Lipinski definition) is 2. The smallest absolute Gasteiger partial charge is 0.222 e. The van der Waals surface area contributed by atoms with Gasteiger partial charge in [0.15, 0.2) is 11.6 Å². The van der Waals surface area contributed by atoms with Gasteiger partial charge in [-0.3, -0.25) is 4.79 Å². The molecule has 1 fully saturated rings. The van der Waals surface area contributed by atoms with Crippen LogP contribution in [0.3, 0.4) is 0 Å². The zero-order valence-electron chi connectivity index (χ0n) is 14.2. The Morgan fingerprint density at radius 1 is 1.15 bits per heavy atom. The Morgan fingerprint density at radius 3 is 2.54 bits per heavy atom. The second kappa shape index (κ2) is 7.51. The monoisotopic (exact) mass is 361 g/mol. The van der Waals surface area contributed by atoms with Crippen molar-refractivity contribution in [3.05, 3.63) is 71.3 Å². The summed E-state index contributed by atoms with van der Waals surface area (Å²) in [6.07, 6.45) is -0.451. The van der Waals surface area contributed by atoms with Crippen LogP contribution in [-0.4, -0.2) is 40.2 Å². The minimum Gasteiger partial charge on any atom is -0.388 e. The Bertz CT molecular complexity index is 784. The summed E-state index contributed by atoms with van der Waals surface area (Å²) in [7, 11) is 0. The number of aliphatic hydroxyl groups excluding tert-OH is 1. The second-order valence-electron chi connectivity index (χ2n) is 6.64. The Balaban J connectivity index is 1.59. The second-order valence-corrected chi connectivity index (χ2v) is 6.64. The van der Waals surface area contributed by atoms with Crippen LogP contribution in [0.2, 0.25) is 0 Å². The minimum absolute atomic E-state index is 0.0298. The number of β-amino-alcohol motifs (C(OH)–C–C–N with tert-alkyl or cyclic N) is 1. The molecule has 2 atom stereocenters. The maximum absolute atomic E-state index is 13.2. The lowest BCUT2D eigenvalue weighted by molar-refractivity contribution is -0.151. The molecule has 138 valence electrons. The molecule has 0 saturated carbocycles. The van der Waals surface area contributed by atoms with E-state index in [1.54, 1.807) is 24.3 Å². The highest BCUT2D eigenvalue weighted by molar-refractivity contribution is 5.76. The van der Waals surface area contributed by atoms with Gasteiger partial charge in [-0.25, -0.2) is 8.78 Å². The highest BCUT2D eigenvalue weighted by Crippen LogP contribution is 2.33. The summed E-state index contributed by atoms with van der Waals surface area (Å²) in [5.74, 6) is -2.04. The van der Waals surface area contributed by atoms with Crippen molar-refractivity contribution in [2.45, 2.75) is 31.0 Å². The van der Waals surface area contributed by atoms with Crippen molar-refractivity contribution in [3.8, 4) is 0 Å². The first-order valence-corrected chi connectivity index (χ1v) is 8.58. The van der Waals surface area contributed by atoms with Crippen molar-refractivity contribution < 1.29 is 23.8 Å². The first-order chi connectivity index (χ1) is 12.4. The first-order valence-electron chi connectivity index (χ1n) is 8.58. The van der Waals surface area contributed by atoms with Gasteiger partial charge in [0.1, 0.15) is 11.7 Å². The molecule has 1 aliphatic rings. The predicted molar refractivity (Wildman–Crippen MR) is 92.2 cm³/mol. The van der Waals surface area contributed by atoms with Crippen LogP contribution in [0.1, 0.15) is 24.0 Å². The third-order valence-corrected chi connectivity index (χ3v) is 4.95. The highest BCUT2D eigenvalue weighted by atomic mass is 19.2. The van der Waals surface area contributed by atoms with Crippen molar-refractivity contribution in [2.75, 3.05) is 13.1 Å². The van der Waals surface area contributed by atoms with Gasteiger partial charge in [0, 0.05) is 25.9 Å². The van der Waals surface area contributed by atoms with Crippen LogP contribution >= 0.6 is 0 Å². The van der Waals surface area contributed by atoms with Crippen LogP contribution in [0.15, 0.2) is 48.5 Å². The SMILES string of the molecule is O=C(CCc1ccc(F)c(F)c1)N1CC[C@](O)(c2ccccc2)[C@@H](O)C1. The lowest BCUT2D eigenvalue weighted by Crippen LogP contribution is -2.55. The van der Waals surface area contributed by atoms with Crippen molar-refractivity contribution >= 4 is 5.91 Å². The number of carbonyl (C=O) groups is 1. The molecule has 0 spiro atoms. The lowest BCUT2D eigenvalue weighted by Gasteiger charge is -2.42. The van der Waals surface area contributed by atoms with Gasteiger partial charge in [0.2, 0.25) is 5.91 Å². The maximum atomic E-state index is 13.2. The number of aliphatic hydroxyl groups is 2. The van der Waals surface area contributed by atoms with E-state index in [1.165, 1.54) is 11.0 Å². The average Bonchev–Trinajstić information content (AvgIpc) is 2.65. The summed E-state index contributed by atoms with van der Waals surface area (Å²) in [6.45, 7) is 0.348. The Kier molecular flexibility index (Phi) is 5.34. The van der Waals surface area contributed by atoms with Crippen LogP contribution in [0, 0.1) is 11.6 Å².